The molecule has 3 rings (SSSR count). The fourth-order valence-electron chi connectivity index (χ4n) is 2.63. The summed E-state index contributed by atoms with van der Waals surface area (Å²) in [6.45, 7) is -0.935. The molecule has 2 fully saturated rings. The summed E-state index contributed by atoms with van der Waals surface area (Å²) < 4.78 is 32.8. The van der Waals surface area contributed by atoms with Crippen molar-refractivity contribution in [2.75, 3.05) is 12.3 Å². The Bertz CT molecular complexity index is 598. The number of aliphatic hydroxyl groups is 2. The molecule has 0 aromatic carbocycles. The molecule has 2 aliphatic rings. The first-order valence-electron chi connectivity index (χ1n) is 5.54. The molecule has 4 atom stereocenters. The summed E-state index contributed by atoms with van der Waals surface area (Å²) in [4.78, 5) is 15.0. The Labute approximate surface area is 121 Å². The zero-order valence-corrected chi connectivity index (χ0v) is 11.7. The van der Waals surface area contributed by atoms with Crippen molar-refractivity contribution in [1.82, 2.24) is 9.55 Å². The van der Waals surface area contributed by atoms with Gasteiger partial charge in [-0.15, -0.1) is 17.0 Å². The molecule has 10 heteroatoms. The largest absolute Gasteiger partial charge is 0.393 e. The number of nitrogen functional groups attached to an aromatic ring is 1. The van der Waals surface area contributed by atoms with Gasteiger partial charge in [-0.3, -0.25) is 4.57 Å². The number of alkyl halides is 2. The molecular weight excluding hydrogens is 344 g/mol. The van der Waals surface area contributed by atoms with E-state index >= 15 is 0 Å². The summed E-state index contributed by atoms with van der Waals surface area (Å²) in [7, 11) is 0. The highest BCUT2D eigenvalue weighted by Crippen LogP contribution is 2.69. The molecule has 0 amide bonds. The van der Waals surface area contributed by atoms with Gasteiger partial charge in [0.15, 0.2) is 11.8 Å². The lowest BCUT2D eigenvalue weighted by Crippen LogP contribution is -2.38. The third-order valence-corrected chi connectivity index (χ3v) is 3.70. The van der Waals surface area contributed by atoms with E-state index in [0.717, 1.165) is 4.57 Å². The molecule has 7 nitrogen and oxygen atoms in total. The van der Waals surface area contributed by atoms with E-state index in [1.165, 1.54) is 12.3 Å². The SMILES string of the molecule is Br.Nc1ccn([C@@H]2O[C@]3(CO)[C@H]([C@H]2O)C3(F)F)c(=O)n1. The van der Waals surface area contributed by atoms with E-state index in [1.807, 2.05) is 0 Å². The number of anilines is 1. The number of nitrogens with zero attached hydrogens (tertiary/aromatic N) is 2. The van der Waals surface area contributed by atoms with Crippen molar-refractivity contribution in [2.24, 2.45) is 5.92 Å². The van der Waals surface area contributed by atoms with E-state index in [-0.39, 0.29) is 22.8 Å². The average molecular weight is 356 g/mol. The minimum Gasteiger partial charge on any atom is -0.393 e. The highest BCUT2D eigenvalue weighted by Gasteiger charge is 2.89. The summed E-state index contributed by atoms with van der Waals surface area (Å²) in [5.74, 6) is -4.86. The standard InChI is InChI=1S/C10H11F2N3O4.BrH/c11-10(12)6-5(17)7(19-9(6,10)3-16)15-2-1-4(13)14-8(15)18;/h1-2,5-7,16-17H,3H2,(H2,13,14,18);1H/t5-,6+,7-,9-;/m1./s1. The number of hydrogen-bond donors (Lipinski definition) is 3. The van der Waals surface area contributed by atoms with Gasteiger partial charge in [0, 0.05) is 6.20 Å². The lowest BCUT2D eigenvalue weighted by atomic mass is 10.2. The molecule has 0 radical (unpaired) electrons. The van der Waals surface area contributed by atoms with Crippen molar-refractivity contribution in [3.63, 3.8) is 0 Å². The molecule has 0 spiro atoms. The molecule has 4 N–H and O–H groups in total. The molecule has 1 aliphatic carbocycles. The van der Waals surface area contributed by atoms with Gasteiger partial charge in [0.1, 0.15) is 11.9 Å². The minimum absolute atomic E-state index is 0. The molecule has 2 heterocycles. The second kappa shape index (κ2) is 4.45. The normalized spacial score (nSPS) is 37.1. The Morgan fingerprint density at radius 2 is 2.20 bits per heavy atom. The van der Waals surface area contributed by atoms with Gasteiger partial charge in [-0.2, -0.15) is 4.98 Å². The van der Waals surface area contributed by atoms with Crippen molar-refractivity contribution < 1.29 is 23.7 Å². The summed E-state index contributed by atoms with van der Waals surface area (Å²) in [5.41, 5.74) is 2.37. The van der Waals surface area contributed by atoms with Gasteiger partial charge < -0.3 is 20.7 Å². The van der Waals surface area contributed by atoms with Gasteiger partial charge in [0.05, 0.1) is 12.5 Å². The monoisotopic (exact) mass is 355 g/mol. The van der Waals surface area contributed by atoms with Crippen LogP contribution in [0.25, 0.3) is 0 Å². The minimum atomic E-state index is -3.30. The number of aromatic nitrogens is 2. The molecule has 0 unspecified atom stereocenters. The van der Waals surface area contributed by atoms with E-state index in [0.29, 0.717) is 0 Å². The van der Waals surface area contributed by atoms with Crippen LogP contribution in [0, 0.1) is 5.92 Å². The maximum atomic E-state index is 13.4. The van der Waals surface area contributed by atoms with E-state index < -0.39 is 42.1 Å². The summed E-state index contributed by atoms with van der Waals surface area (Å²) in [6.07, 6.45) is -1.71. The Balaban J connectivity index is 0.00000147. The van der Waals surface area contributed by atoms with Gasteiger partial charge in [-0.1, -0.05) is 0 Å². The molecule has 20 heavy (non-hydrogen) atoms. The number of ether oxygens (including phenoxy) is 1. The summed E-state index contributed by atoms with van der Waals surface area (Å²) in [5, 5.41) is 18.9. The van der Waals surface area contributed by atoms with Crippen LogP contribution in [-0.2, 0) is 4.74 Å². The van der Waals surface area contributed by atoms with E-state index in [9.17, 15) is 18.7 Å². The van der Waals surface area contributed by atoms with Gasteiger partial charge in [0.25, 0.3) is 5.92 Å². The van der Waals surface area contributed by atoms with Crippen molar-refractivity contribution in [3.8, 4) is 0 Å². The van der Waals surface area contributed by atoms with E-state index in [4.69, 9.17) is 15.6 Å². The summed E-state index contributed by atoms with van der Waals surface area (Å²) in [6, 6.07) is 1.28. The summed E-state index contributed by atoms with van der Waals surface area (Å²) >= 11 is 0. The van der Waals surface area contributed by atoms with Crippen LogP contribution in [0.15, 0.2) is 17.1 Å². The van der Waals surface area contributed by atoms with Crippen LogP contribution in [0.1, 0.15) is 6.23 Å². The van der Waals surface area contributed by atoms with Crippen LogP contribution in [-0.4, -0.2) is 44.0 Å². The highest BCUT2D eigenvalue weighted by atomic mass is 79.9. The Hall–Kier alpha value is -1.10. The zero-order valence-electron chi connectivity index (χ0n) is 9.94. The maximum Gasteiger partial charge on any atom is 0.351 e. The number of aliphatic hydroxyl groups excluding tert-OH is 2. The number of hydrogen-bond acceptors (Lipinski definition) is 6. The first-order valence-corrected chi connectivity index (χ1v) is 5.54. The first kappa shape index (κ1) is 15.3. The van der Waals surface area contributed by atoms with Crippen molar-refractivity contribution >= 4 is 22.8 Å². The first-order chi connectivity index (χ1) is 8.85. The molecule has 1 saturated heterocycles. The quantitative estimate of drug-likeness (QED) is 0.646. The van der Waals surface area contributed by atoms with Crippen molar-refractivity contribution in [2.45, 2.75) is 23.9 Å². The van der Waals surface area contributed by atoms with Crippen LogP contribution in [0.2, 0.25) is 0 Å². The molecule has 112 valence electrons. The van der Waals surface area contributed by atoms with Crippen molar-refractivity contribution in [1.29, 1.82) is 0 Å². The predicted molar refractivity (Wildman–Crippen MR) is 67.6 cm³/mol. The Kier molecular flexibility index (Phi) is 3.40. The van der Waals surface area contributed by atoms with Crippen LogP contribution < -0.4 is 11.4 Å². The zero-order chi connectivity index (χ0) is 14.0. The van der Waals surface area contributed by atoms with Crippen LogP contribution in [0.5, 0.6) is 0 Å². The average Bonchev–Trinajstić information content (AvgIpc) is 2.64. The molecular formula is C10H12BrF2N3O4. The van der Waals surface area contributed by atoms with Gasteiger partial charge in [-0.25, -0.2) is 13.6 Å². The van der Waals surface area contributed by atoms with E-state index in [2.05, 4.69) is 4.98 Å². The second-order valence-electron chi connectivity index (χ2n) is 4.69. The van der Waals surface area contributed by atoms with Gasteiger partial charge in [-0.05, 0) is 6.07 Å². The topological polar surface area (TPSA) is 111 Å². The van der Waals surface area contributed by atoms with Crippen molar-refractivity contribution in [3.05, 3.63) is 22.7 Å². The number of rotatable bonds is 2. The van der Waals surface area contributed by atoms with E-state index in [1.54, 1.807) is 0 Å². The lowest BCUT2D eigenvalue weighted by molar-refractivity contribution is -0.158. The molecule has 0 bridgehead atoms. The fourth-order valence-corrected chi connectivity index (χ4v) is 2.63. The molecule has 1 aliphatic heterocycles. The lowest BCUT2D eigenvalue weighted by Gasteiger charge is -2.23. The fraction of sp³-hybridized carbons (Fsp3) is 0.600. The smallest absolute Gasteiger partial charge is 0.351 e. The molecule has 1 aromatic heterocycles. The Morgan fingerprint density at radius 3 is 2.70 bits per heavy atom. The van der Waals surface area contributed by atoms with Gasteiger partial charge >= 0.3 is 5.69 Å². The second-order valence-corrected chi connectivity index (χ2v) is 4.69. The number of halogens is 3. The van der Waals surface area contributed by atoms with Crippen LogP contribution in [0.4, 0.5) is 14.6 Å². The van der Waals surface area contributed by atoms with Gasteiger partial charge in [0.2, 0.25) is 0 Å². The number of fused-ring (bicyclic) bond motifs is 1. The third-order valence-electron chi connectivity index (χ3n) is 3.70. The molecule has 1 saturated carbocycles. The highest BCUT2D eigenvalue weighted by molar-refractivity contribution is 8.93. The predicted octanol–water partition coefficient (Wildman–Crippen LogP) is -0.711. The Morgan fingerprint density at radius 1 is 1.55 bits per heavy atom. The molecule has 1 aromatic rings. The van der Waals surface area contributed by atoms with Crippen LogP contribution >= 0.6 is 17.0 Å². The maximum absolute atomic E-state index is 13.4. The van der Waals surface area contributed by atoms with Crippen LogP contribution in [0.3, 0.4) is 0 Å². The third kappa shape index (κ3) is 1.65. The number of nitrogens with two attached hydrogens (primary N) is 1.